The predicted molar refractivity (Wildman–Crippen MR) is 133 cm³/mol. The lowest BCUT2D eigenvalue weighted by Crippen LogP contribution is -2.38. The maximum atomic E-state index is 13.3. The standard InChI is InChI=1S/C27H32N4O3/c1-6-29(7-2)15-16-31-23(20-12-10-17(3)11-13-20)21(25(33)27(31)34)24(32)22-19(5)30-14-8-9-18(4)26(30)28-22/h8-14,23,32H,6-7,15-16H2,1-5H3/b24-21+. The van der Waals surface area contributed by atoms with Gasteiger partial charge < -0.3 is 19.3 Å². The number of benzene rings is 1. The van der Waals surface area contributed by atoms with Crippen LogP contribution < -0.4 is 0 Å². The van der Waals surface area contributed by atoms with Gasteiger partial charge in [0, 0.05) is 19.3 Å². The van der Waals surface area contributed by atoms with Crippen molar-refractivity contribution in [1.29, 1.82) is 0 Å². The van der Waals surface area contributed by atoms with Gasteiger partial charge in [0.25, 0.3) is 11.7 Å². The highest BCUT2D eigenvalue weighted by Crippen LogP contribution is 2.39. The van der Waals surface area contributed by atoms with Gasteiger partial charge in [-0.05, 0) is 51.1 Å². The number of hydrogen-bond acceptors (Lipinski definition) is 5. The molecule has 34 heavy (non-hydrogen) atoms. The summed E-state index contributed by atoms with van der Waals surface area (Å²) in [6, 6.07) is 11.0. The zero-order valence-corrected chi connectivity index (χ0v) is 20.5. The number of aromatic nitrogens is 2. The second-order valence-corrected chi connectivity index (χ2v) is 8.86. The first-order chi connectivity index (χ1) is 16.3. The van der Waals surface area contributed by atoms with E-state index < -0.39 is 17.7 Å². The minimum absolute atomic E-state index is 0.0950. The van der Waals surface area contributed by atoms with Gasteiger partial charge in [-0.2, -0.15) is 0 Å². The molecule has 1 fully saturated rings. The second kappa shape index (κ2) is 9.43. The third kappa shape index (κ3) is 4.01. The number of aryl methyl sites for hydroxylation is 3. The molecule has 1 aliphatic heterocycles. The Morgan fingerprint density at radius 1 is 1.06 bits per heavy atom. The molecule has 7 nitrogen and oxygen atoms in total. The van der Waals surface area contributed by atoms with E-state index in [1.807, 2.05) is 67.8 Å². The van der Waals surface area contributed by atoms with Crippen molar-refractivity contribution in [2.45, 2.75) is 40.7 Å². The largest absolute Gasteiger partial charge is 0.505 e. The van der Waals surface area contributed by atoms with Crippen molar-refractivity contribution in [1.82, 2.24) is 19.2 Å². The van der Waals surface area contributed by atoms with Crippen LogP contribution in [0.3, 0.4) is 0 Å². The maximum Gasteiger partial charge on any atom is 0.295 e. The summed E-state index contributed by atoms with van der Waals surface area (Å²) < 4.78 is 1.89. The van der Waals surface area contributed by atoms with Crippen LogP contribution in [-0.4, -0.2) is 62.2 Å². The number of rotatable bonds is 7. The molecule has 0 bridgehead atoms. The van der Waals surface area contributed by atoms with E-state index in [4.69, 9.17) is 0 Å². The van der Waals surface area contributed by atoms with Gasteiger partial charge in [-0.1, -0.05) is 49.7 Å². The number of imidazole rings is 1. The molecular formula is C27H32N4O3. The SMILES string of the molecule is CCN(CC)CCN1C(=O)C(=O)/C(=C(/O)c2nc3c(C)cccn3c2C)C1c1ccc(C)cc1. The Labute approximate surface area is 200 Å². The van der Waals surface area contributed by atoms with Gasteiger partial charge in [0.15, 0.2) is 5.76 Å². The predicted octanol–water partition coefficient (Wildman–Crippen LogP) is 4.02. The minimum atomic E-state index is -0.671. The van der Waals surface area contributed by atoms with E-state index >= 15 is 0 Å². The fourth-order valence-corrected chi connectivity index (χ4v) is 4.67. The van der Waals surface area contributed by atoms with Crippen LogP contribution in [0.5, 0.6) is 0 Å². The van der Waals surface area contributed by atoms with Crippen molar-refractivity contribution < 1.29 is 14.7 Å². The average molecular weight is 461 g/mol. The third-order valence-electron chi connectivity index (χ3n) is 6.79. The Bertz CT molecular complexity index is 1270. The number of likely N-dealkylation sites (N-methyl/N-ethyl adjacent to an activating group) is 1. The molecule has 1 saturated heterocycles. The molecule has 178 valence electrons. The van der Waals surface area contributed by atoms with E-state index in [9.17, 15) is 14.7 Å². The maximum absolute atomic E-state index is 13.3. The van der Waals surface area contributed by atoms with Crippen molar-refractivity contribution in [2.24, 2.45) is 0 Å². The number of amides is 1. The first kappa shape index (κ1) is 23.7. The van der Waals surface area contributed by atoms with Gasteiger partial charge in [-0.25, -0.2) is 4.98 Å². The monoisotopic (exact) mass is 460 g/mol. The molecular weight excluding hydrogens is 428 g/mol. The molecule has 0 saturated carbocycles. The molecule has 1 atom stereocenters. The number of likely N-dealkylation sites (tertiary alicyclic amines) is 1. The Morgan fingerprint density at radius 3 is 2.35 bits per heavy atom. The summed E-state index contributed by atoms with van der Waals surface area (Å²) in [5.41, 5.74) is 4.68. The molecule has 1 N–H and O–H groups in total. The summed E-state index contributed by atoms with van der Waals surface area (Å²) in [7, 11) is 0. The van der Waals surface area contributed by atoms with Crippen molar-refractivity contribution in [3.63, 3.8) is 0 Å². The molecule has 1 aliphatic rings. The van der Waals surface area contributed by atoms with Crippen molar-refractivity contribution in [3.05, 3.63) is 76.2 Å². The average Bonchev–Trinajstić information content (AvgIpc) is 3.30. The summed E-state index contributed by atoms with van der Waals surface area (Å²) >= 11 is 0. The summed E-state index contributed by atoms with van der Waals surface area (Å²) in [5, 5.41) is 11.4. The van der Waals surface area contributed by atoms with E-state index in [0.717, 1.165) is 29.8 Å². The lowest BCUT2D eigenvalue weighted by Gasteiger charge is -2.28. The number of pyridine rings is 1. The van der Waals surface area contributed by atoms with Gasteiger partial charge in [0.2, 0.25) is 0 Å². The Kier molecular flexibility index (Phi) is 6.57. The fourth-order valence-electron chi connectivity index (χ4n) is 4.67. The van der Waals surface area contributed by atoms with Crippen molar-refractivity contribution in [2.75, 3.05) is 26.2 Å². The van der Waals surface area contributed by atoms with Crippen LogP contribution in [0.1, 0.15) is 48.0 Å². The van der Waals surface area contributed by atoms with Crippen LogP contribution in [0.2, 0.25) is 0 Å². The van der Waals surface area contributed by atoms with Crippen molar-refractivity contribution in [3.8, 4) is 0 Å². The first-order valence-corrected chi connectivity index (χ1v) is 11.8. The van der Waals surface area contributed by atoms with E-state index in [1.54, 1.807) is 4.90 Å². The molecule has 0 spiro atoms. The minimum Gasteiger partial charge on any atom is -0.505 e. The molecule has 1 aromatic carbocycles. The highest BCUT2D eigenvalue weighted by atomic mass is 16.3. The van der Waals surface area contributed by atoms with E-state index in [-0.39, 0.29) is 11.3 Å². The molecule has 3 aromatic rings. The molecule has 1 amide bonds. The van der Waals surface area contributed by atoms with Crippen LogP contribution in [0.15, 0.2) is 48.2 Å². The number of aliphatic hydroxyl groups excluding tert-OH is 1. The topological polar surface area (TPSA) is 78.2 Å². The highest BCUT2D eigenvalue weighted by Gasteiger charge is 2.46. The Morgan fingerprint density at radius 2 is 1.74 bits per heavy atom. The number of ketones is 1. The molecule has 0 radical (unpaired) electrons. The van der Waals surface area contributed by atoms with Crippen LogP contribution in [-0.2, 0) is 9.59 Å². The zero-order chi connectivity index (χ0) is 24.6. The number of aliphatic hydroxyl groups is 1. The quantitative estimate of drug-likeness (QED) is 0.327. The summed E-state index contributed by atoms with van der Waals surface area (Å²) in [4.78, 5) is 34.9. The van der Waals surface area contributed by atoms with Crippen LogP contribution in [0.4, 0.5) is 0 Å². The number of fused-ring (bicyclic) bond motifs is 1. The van der Waals surface area contributed by atoms with Gasteiger partial charge in [-0.3, -0.25) is 9.59 Å². The van der Waals surface area contributed by atoms with Gasteiger partial charge in [0.05, 0.1) is 17.3 Å². The number of Topliss-reactive ketones (excluding diaryl/α,β-unsaturated/α-hetero) is 1. The summed E-state index contributed by atoms with van der Waals surface area (Å²) in [5.74, 6) is -1.48. The first-order valence-electron chi connectivity index (χ1n) is 11.8. The third-order valence-corrected chi connectivity index (χ3v) is 6.79. The van der Waals surface area contributed by atoms with Gasteiger partial charge in [-0.15, -0.1) is 0 Å². The number of nitrogens with zero attached hydrogens (tertiary/aromatic N) is 4. The number of carbonyl (C=O) groups excluding carboxylic acids is 2. The lowest BCUT2D eigenvalue weighted by molar-refractivity contribution is -0.140. The molecule has 1 unspecified atom stereocenters. The smallest absolute Gasteiger partial charge is 0.295 e. The van der Waals surface area contributed by atoms with Crippen LogP contribution in [0, 0.1) is 20.8 Å². The van der Waals surface area contributed by atoms with E-state index in [2.05, 4.69) is 23.7 Å². The van der Waals surface area contributed by atoms with Crippen LogP contribution >= 0.6 is 0 Å². The second-order valence-electron chi connectivity index (χ2n) is 8.86. The summed E-state index contributed by atoms with van der Waals surface area (Å²) in [6.45, 7) is 12.7. The van der Waals surface area contributed by atoms with Gasteiger partial charge >= 0.3 is 0 Å². The molecule has 0 aliphatic carbocycles. The van der Waals surface area contributed by atoms with Crippen LogP contribution in [0.25, 0.3) is 11.4 Å². The fraction of sp³-hybridized carbons (Fsp3) is 0.370. The van der Waals surface area contributed by atoms with Crippen molar-refractivity contribution >= 4 is 23.1 Å². The number of hydrogen-bond donors (Lipinski definition) is 1. The van der Waals surface area contributed by atoms with Gasteiger partial charge in [0.1, 0.15) is 11.3 Å². The normalized spacial score (nSPS) is 17.9. The highest BCUT2D eigenvalue weighted by molar-refractivity contribution is 6.46. The molecule has 2 aromatic heterocycles. The molecule has 3 heterocycles. The Hall–Kier alpha value is -3.45. The Balaban J connectivity index is 1.87. The van der Waals surface area contributed by atoms with E-state index in [1.165, 1.54) is 0 Å². The van der Waals surface area contributed by atoms with E-state index in [0.29, 0.717) is 30.1 Å². The zero-order valence-electron chi connectivity index (χ0n) is 20.5. The molecule has 4 rings (SSSR count). The molecule has 7 heteroatoms. The lowest BCUT2D eigenvalue weighted by atomic mass is 9.95. The number of carbonyl (C=O) groups is 2. The summed E-state index contributed by atoms with van der Waals surface area (Å²) in [6.07, 6.45) is 1.88.